The molecule has 6 rings (SSSR count). The summed E-state index contributed by atoms with van der Waals surface area (Å²) in [7, 11) is 1.54. The van der Waals surface area contributed by atoms with Gasteiger partial charge in [0, 0.05) is 45.0 Å². The largest absolute Gasteiger partial charge is 0.452 e. The lowest BCUT2D eigenvalue weighted by Crippen LogP contribution is -2.49. The van der Waals surface area contributed by atoms with E-state index in [4.69, 9.17) is 19.7 Å². The average Bonchev–Trinajstić information content (AvgIpc) is 3.62. The quantitative estimate of drug-likeness (QED) is 0.326. The molecule has 42 heavy (non-hydrogen) atoms. The van der Waals surface area contributed by atoms with Crippen LogP contribution in [0.1, 0.15) is 42.5 Å². The van der Waals surface area contributed by atoms with Crippen LogP contribution in [0.4, 0.5) is 5.95 Å². The maximum absolute atomic E-state index is 13.2. The molecule has 2 aliphatic heterocycles. The number of allylic oxidation sites excluding steroid dienone is 1. The average molecular weight is 568 g/mol. The van der Waals surface area contributed by atoms with E-state index in [0.29, 0.717) is 60.7 Å². The molecule has 0 radical (unpaired) electrons. The lowest BCUT2D eigenvalue weighted by Gasteiger charge is -2.34. The molecule has 2 N–H and O–H groups in total. The molecule has 2 aromatic heterocycles. The van der Waals surface area contributed by atoms with Crippen molar-refractivity contribution in [3.63, 3.8) is 0 Å². The molecular weight excluding hydrogens is 542 g/mol. The molecule has 4 heterocycles. The van der Waals surface area contributed by atoms with Gasteiger partial charge in [0.2, 0.25) is 17.6 Å². The summed E-state index contributed by atoms with van der Waals surface area (Å²) in [4.78, 5) is 54.7. The van der Waals surface area contributed by atoms with Crippen molar-refractivity contribution in [2.24, 2.45) is 5.73 Å². The molecular formula is C29H25N7O6. The Bertz CT molecular complexity index is 1710. The number of carbonyl (C=O) groups is 3. The van der Waals surface area contributed by atoms with E-state index in [1.165, 1.54) is 6.07 Å². The van der Waals surface area contributed by atoms with Crippen LogP contribution in [-0.4, -0.2) is 75.9 Å². The molecule has 1 fully saturated rings. The molecule has 0 unspecified atom stereocenters. The number of para-hydroxylation sites is 1. The van der Waals surface area contributed by atoms with Gasteiger partial charge in [-0.15, -0.1) is 0 Å². The molecule has 2 aliphatic rings. The highest BCUT2D eigenvalue weighted by Crippen LogP contribution is 2.35. The summed E-state index contributed by atoms with van der Waals surface area (Å²) in [6.07, 6.45) is 3.21. The second kappa shape index (κ2) is 11.2. The van der Waals surface area contributed by atoms with Gasteiger partial charge < -0.3 is 29.5 Å². The molecule has 0 atom stereocenters. The van der Waals surface area contributed by atoms with Crippen LogP contribution in [0.3, 0.4) is 0 Å². The molecule has 2 amide bonds. The molecule has 2 aromatic carbocycles. The highest BCUT2D eigenvalue weighted by atomic mass is 16.5. The summed E-state index contributed by atoms with van der Waals surface area (Å²) in [6.45, 7) is 2.29. The smallest absolute Gasteiger partial charge is 0.253 e. The zero-order chi connectivity index (χ0) is 29.2. The molecule has 13 nitrogen and oxygen atoms in total. The monoisotopic (exact) mass is 567 g/mol. The highest BCUT2D eigenvalue weighted by Gasteiger charge is 2.31. The number of nitrogens with zero attached hydrogens (tertiary/aromatic N) is 6. The molecule has 0 saturated carbocycles. The first-order chi connectivity index (χ1) is 20.4. The van der Waals surface area contributed by atoms with E-state index in [9.17, 15) is 14.4 Å². The number of nitrogens with two attached hydrogens (primary N) is 1. The number of carbonyl (C=O) groups excluding carboxylic acids is 3. The Labute approximate surface area is 239 Å². The van der Waals surface area contributed by atoms with Gasteiger partial charge in [0.15, 0.2) is 11.5 Å². The lowest BCUT2D eigenvalue weighted by molar-refractivity contribution is 0.0746. The number of amides is 2. The number of piperazine rings is 1. The van der Waals surface area contributed by atoms with Gasteiger partial charge in [-0.25, -0.2) is 9.97 Å². The number of aromatic nitrogens is 4. The van der Waals surface area contributed by atoms with Crippen LogP contribution in [0.5, 0.6) is 5.75 Å². The van der Waals surface area contributed by atoms with Crippen LogP contribution in [0.15, 0.2) is 65.0 Å². The van der Waals surface area contributed by atoms with Crippen molar-refractivity contribution in [2.45, 2.75) is 6.61 Å². The van der Waals surface area contributed by atoms with Crippen molar-refractivity contribution in [2.75, 3.05) is 38.2 Å². The van der Waals surface area contributed by atoms with Crippen LogP contribution in [-0.2, 0) is 11.3 Å². The standard InChI is InChI=1S/C29H25N7O6/c1-40-16-23-33-27(34-42-23)21-9-10-31-29(32-21)36-13-11-35(12-14-36)28(39)18-7-5-17(6-8-18)15-22-24(37)19-3-2-4-20(26(30)38)25(19)41-22/h2-10,15H,11-14,16H2,1H3,(H2,30,38)/b22-15-. The summed E-state index contributed by atoms with van der Waals surface area (Å²) in [6, 6.07) is 13.3. The van der Waals surface area contributed by atoms with Gasteiger partial charge in [-0.2, -0.15) is 4.98 Å². The van der Waals surface area contributed by atoms with Gasteiger partial charge in [0.05, 0.1) is 11.1 Å². The van der Waals surface area contributed by atoms with Crippen LogP contribution < -0.4 is 15.4 Å². The topological polar surface area (TPSA) is 167 Å². The number of primary amides is 1. The summed E-state index contributed by atoms with van der Waals surface area (Å²) < 4.78 is 15.8. The fraction of sp³-hybridized carbons (Fsp3) is 0.207. The fourth-order valence-corrected chi connectivity index (χ4v) is 4.74. The second-order valence-electron chi connectivity index (χ2n) is 9.57. The normalized spacial score (nSPS) is 15.5. The minimum absolute atomic E-state index is 0.0786. The third-order valence-corrected chi connectivity index (χ3v) is 6.87. The Morgan fingerprint density at radius 2 is 1.83 bits per heavy atom. The Balaban J connectivity index is 1.08. The van der Waals surface area contributed by atoms with Gasteiger partial charge in [0.25, 0.3) is 17.7 Å². The van der Waals surface area contributed by atoms with Crippen LogP contribution in [0.25, 0.3) is 17.6 Å². The first kappa shape index (κ1) is 26.8. The van der Waals surface area contributed by atoms with Crippen molar-refractivity contribution in [1.82, 2.24) is 25.0 Å². The van der Waals surface area contributed by atoms with Crippen molar-refractivity contribution in [3.8, 4) is 17.3 Å². The van der Waals surface area contributed by atoms with Crippen molar-refractivity contribution >= 4 is 29.6 Å². The van der Waals surface area contributed by atoms with Crippen molar-refractivity contribution < 1.29 is 28.4 Å². The Kier molecular flexibility index (Phi) is 7.15. The van der Waals surface area contributed by atoms with E-state index in [0.717, 1.165) is 0 Å². The SMILES string of the molecule is COCc1nc(-c2ccnc(N3CCN(C(=O)c4ccc(/C=C5\Oc6c(C(N)=O)cccc6C5=O)cc4)CC3)n2)no1. The molecule has 13 heteroatoms. The third-order valence-electron chi connectivity index (χ3n) is 6.87. The number of fused-ring (bicyclic) bond motifs is 1. The molecule has 1 saturated heterocycles. The summed E-state index contributed by atoms with van der Waals surface area (Å²) in [5.41, 5.74) is 7.55. The number of rotatable bonds is 7. The third kappa shape index (κ3) is 5.20. The molecule has 4 aromatic rings. The minimum Gasteiger partial charge on any atom is -0.452 e. The minimum atomic E-state index is -0.675. The zero-order valence-corrected chi connectivity index (χ0v) is 22.5. The molecule has 0 spiro atoms. The van der Waals surface area contributed by atoms with Gasteiger partial charge in [-0.3, -0.25) is 14.4 Å². The van der Waals surface area contributed by atoms with E-state index in [2.05, 4.69) is 20.1 Å². The first-order valence-corrected chi connectivity index (χ1v) is 13.1. The van der Waals surface area contributed by atoms with Crippen LogP contribution in [0, 0.1) is 0 Å². The lowest BCUT2D eigenvalue weighted by atomic mass is 10.0. The van der Waals surface area contributed by atoms with Crippen molar-refractivity contribution in [3.05, 3.63) is 88.6 Å². The Hall–Kier alpha value is -5.43. The molecule has 212 valence electrons. The maximum Gasteiger partial charge on any atom is 0.253 e. The molecule has 0 bridgehead atoms. The summed E-state index contributed by atoms with van der Waals surface area (Å²) >= 11 is 0. The second-order valence-corrected chi connectivity index (χ2v) is 9.57. The number of hydrogen-bond donors (Lipinski definition) is 1. The van der Waals surface area contributed by atoms with Gasteiger partial charge in [-0.1, -0.05) is 23.4 Å². The van der Waals surface area contributed by atoms with E-state index in [1.807, 2.05) is 4.90 Å². The number of Topliss-reactive ketones (excluding diaryl/α,β-unsaturated/α-hetero) is 1. The summed E-state index contributed by atoms with van der Waals surface area (Å²) in [5, 5.41) is 3.95. The predicted molar refractivity (Wildman–Crippen MR) is 148 cm³/mol. The van der Waals surface area contributed by atoms with Gasteiger partial charge in [0.1, 0.15) is 12.3 Å². The maximum atomic E-state index is 13.2. The zero-order valence-electron chi connectivity index (χ0n) is 22.5. The van der Waals surface area contributed by atoms with E-state index in [1.54, 1.807) is 66.7 Å². The van der Waals surface area contributed by atoms with E-state index >= 15 is 0 Å². The van der Waals surface area contributed by atoms with E-state index in [-0.39, 0.29) is 40.9 Å². The first-order valence-electron chi connectivity index (χ1n) is 13.1. The van der Waals surface area contributed by atoms with Gasteiger partial charge in [-0.05, 0) is 42.0 Å². The number of ketones is 1. The van der Waals surface area contributed by atoms with Crippen molar-refractivity contribution in [1.29, 1.82) is 0 Å². The summed E-state index contributed by atoms with van der Waals surface area (Å²) in [5.74, 6) is 0.346. The molecule has 0 aliphatic carbocycles. The highest BCUT2D eigenvalue weighted by molar-refractivity contribution is 6.16. The Morgan fingerprint density at radius 3 is 2.57 bits per heavy atom. The van der Waals surface area contributed by atoms with Crippen LogP contribution in [0.2, 0.25) is 0 Å². The van der Waals surface area contributed by atoms with Crippen LogP contribution >= 0.6 is 0 Å². The number of hydrogen-bond acceptors (Lipinski definition) is 11. The predicted octanol–water partition coefficient (Wildman–Crippen LogP) is 2.35. The number of ether oxygens (including phenoxy) is 2. The number of anilines is 1. The van der Waals surface area contributed by atoms with Gasteiger partial charge >= 0.3 is 0 Å². The fourth-order valence-electron chi connectivity index (χ4n) is 4.74. The van der Waals surface area contributed by atoms with E-state index < -0.39 is 5.91 Å². The Morgan fingerprint density at radius 1 is 1.05 bits per heavy atom. The number of benzene rings is 2. The number of methoxy groups -OCH3 is 1.